The first-order valence-electron chi connectivity index (χ1n) is 10.3. The van der Waals surface area contributed by atoms with Crippen LogP contribution >= 0.6 is 0 Å². The lowest BCUT2D eigenvalue weighted by molar-refractivity contribution is -0.947. The number of hydrogen-bond donors (Lipinski definition) is 1. The highest BCUT2D eigenvalue weighted by Gasteiger charge is 2.41. The second-order valence-corrected chi connectivity index (χ2v) is 7.86. The third kappa shape index (κ3) is 4.84. The number of hydrogen-bond acceptors (Lipinski definition) is 1. The van der Waals surface area contributed by atoms with Crippen molar-refractivity contribution in [2.75, 3.05) is 25.0 Å². The summed E-state index contributed by atoms with van der Waals surface area (Å²) in [4.78, 5) is 13.3. The lowest BCUT2D eigenvalue weighted by Crippen LogP contribution is -2.62. The summed E-state index contributed by atoms with van der Waals surface area (Å²) in [6.07, 6.45) is 8.33. The van der Waals surface area contributed by atoms with E-state index in [4.69, 9.17) is 0 Å². The van der Waals surface area contributed by atoms with Crippen molar-refractivity contribution >= 4 is 11.6 Å². The minimum absolute atomic E-state index is 0.0934. The van der Waals surface area contributed by atoms with Crippen LogP contribution in [0.4, 0.5) is 5.69 Å². The Balaban J connectivity index is 2.26. The van der Waals surface area contributed by atoms with Crippen LogP contribution in [0.3, 0.4) is 0 Å². The largest absolute Gasteiger partial charge is 0.320 e. The summed E-state index contributed by atoms with van der Waals surface area (Å²) in [5.41, 5.74) is 3.32. The van der Waals surface area contributed by atoms with E-state index in [1.54, 1.807) is 0 Å². The predicted molar refractivity (Wildman–Crippen MR) is 107 cm³/mol. The molecule has 3 nitrogen and oxygen atoms in total. The van der Waals surface area contributed by atoms with Gasteiger partial charge in [-0.3, -0.25) is 4.79 Å². The normalized spacial score (nSPS) is 17.9. The van der Waals surface area contributed by atoms with Crippen LogP contribution in [0, 0.1) is 13.8 Å². The SMILES string of the molecule is CCCC[N+]1([C@H](CCC)C(=O)Nc2c(C)cccc2C)CCCCC1. The average Bonchev–Trinajstić information content (AvgIpc) is 2.61. The molecule has 2 rings (SSSR count). The summed E-state index contributed by atoms with van der Waals surface area (Å²) < 4.78 is 1.01. The molecular weight excluding hydrogens is 308 g/mol. The number of amides is 1. The molecule has 0 unspecified atom stereocenters. The molecule has 1 aliphatic rings. The maximum atomic E-state index is 13.3. The second-order valence-electron chi connectivity index (χ2n) is 7.86. The highest BCUT2D eigenvalue weighted by molar-refractivity contribution is 5.95. The number of quaternary nitrogens is 1. The third-order valence-corrected chi connectivity index (χ3v) is 5.92. The highest BCUT2D eigenvalue weighted by atomic mass is 16.2. The van der Waals surface area contributed by atoms with E-state index in [9.17, 15) is 4.79 Å². The molecule has 1 heterocycles. The molecule has 0 saturated carbocycles. The Morgan fingerprint density at radius 2 is 1.72 bits per heavy atom. The van der Waals surface area contributed by atoms with Gasteiger partial charge in [-0.05, 0) is 57.1 Å². The van der Waals surface area contributed by atoms with Crippen LogP contribution in [0.5, 0.6) is 0 Å². The summed E-state index contributed by atoms with van der Waals surface area (Å²) >= 11 is 0. The van der Waals surface area contributed by atoms with E-state index in [1.165, 1.54) is 45.2 Å². The number of likely N-dealkylation sites (tertiary alicyclic amines) is 1. The molecule has 0 bridgehead atoms. The fraction of sp³-hybridized carbons (Fsp3) is 0.682. The van der Waals surface area contributed by atoms with Gasteiger partial charge in [0.25, 0.3) is 5.91 Å². The first kappa shape index (κ1) is 20.0. The van der Waals surface area contributed by atoms with Crippen molar-refractivity contribution in [2.45, 2.75) is 78.7 Å². The topological polar surface area (TPSA) is 29.1 Å². The quantitative estimate of drug-likeness (QED) is 0.644. The van der Waals surface area contributed by atoms with Gasteiger partial charge in [-0.2, -0.15) is 0 Å². The van der Waals surface area contributed by atoms with E-state index in [-0.39, 0.29) is 11.9 Å². The standard InChI is InChI=1S/C22H36N2O/c1-5-7-15-24(16-9-8-10-17-24)20(12-6-2)22(25)23-21-18(3)13-11-14-19(21)4/h11,13-14,20H,5-10,12,15-17H2,1-4H3/p+1/t20-/m1/s1. The second kappa shape index (κ2) is 9.38. The smallest absolute Gasteiger partial charge is 0.282 e. The van der Waals surface area contributed by atoms with Crippen LogP contribution < -0.4 is 5.32 Å². The van der Waals surface area contributed by atoms with E-state index >= 15 is 0 Å². The number of carbonyl (C=O) groups is 1. The molecule has 1 atom stereocenters. The van der Waals surface area contributed by atoms with E-state index < -0.39 is 0 Å². The number of rotatable bonds is 8. The van der Waals surface area contributed by atoms with E-state index in [0.717, 1.165) is 40.7 Å². The van der Waals surface area contributed by atoms with Gasteiger partial charge in [-0.15, -0.1) is 0 Å². The van der Waals surface area contributed by atoms with Gasteiger partial charge in [0, 0.05) is 12.1 Å². The number of para-hydroxylation sites is 1. The van der Waals surface area contributed by atoms with Crippen LogP contribution in [0.25, 0.3) is 0 Å². The Morgan fingerprint density at radius 1 is 1.08 bits per heavy atom. The maximum absolute atomic E-state index is 13.3. The fourth-order valence-electron chi connectivity index (χ4n) is 4.45. The minimum Gasteiger partial charge on any atom is -0.320 e. The maximum Gasteiger partial charge on any atom is 0.282 e. The fourth-order valence-corrected chi connectivity index (χ4v) is 4.45. The third-order valence-electron chi connectivity index (χ3n) is 5.92. The molecule has 1 aromatic carbocycles. The number of nitrogens with one attached hydrogen (secondary N) is 1. The molecule has 1 aromatic rings. The van der Waals surface area contributed by atoms with Crippen molar-refractivity contribution in [3.8, 4) is 0 Å². The Labute approximate surface area is 154 Å². The predicted octanol–water partition coefficient (Wildman–Crippen LogP) is 5.21. The summed E-state index contributed by atoms with van der Waals surface area (Å²) in [7, 11) is 0. The molecule has 25 heavy (non-hydrogen) atoms. The van der Waals surface area contributed by atoms with E-state index in [2.05, 4.69) is 51.2 Å². The van der Waals surface area contributed by atoms with Gasteiger partial charge in [0.1, 0.15) is 0 Å². The number of aryl methyl sites for hydroxylation is 2. The van der Waals surface area contributed by atoms with Crippen LogP contribution in [0.15, 0.2) is 18.2 Å². The van der Waals surface area contributed by atoms with Gasteiger partial charge in [0.05, 0.1) is 19.6 Å². The van der Waals surface area contributed by atoms with Gasteiger partial charge in [0.2, 0.25) is 0 Å². The molecule has 1 fully saturated rings. The molecule has 0 aromatic heterocycles. The molecule has 1 saturated heterocycles. The van der Waals surface area contributed by atoms with Gasteiger partial charge in [-0.1, -0.05) is 38.5 Å². The molecule has 0 aliphatic carbocycles. The van der Waals surface area contributed by atoms with Crippen molar-refractivity contribution in [1.29, 1.82) is 0 Å². The van der Waals surface area contributed by atoms with Crippen molar-refractivity contribution in [1.82, 2.24) is 0 Å². The van der Waals surface area contributed by atoms with Gasteiger partial charge >= 0.3 is 0 Å². The van der Waals surface area contributed by atoms with E-state index in [0.29, 0.717) is 0 Å². The molecule has 1 aliphatic heterocycles. The zero-order valence-electron chi connectivity index (χ0n) is 16.7. The Bertz CT molecular complexity index is 541. The number of unbranched alkanes of at least 4 members (excludes halogenated alkanes) is 1. The van der Waals surface area contributed by atoms with Crippen LogP contribution in [0.1, 0.15) is 69.9 Å². The molecule has 1 N–H and O–H groups in total. The van der Waals surface area contributed by atoms with Crippen molar-refractivity contribution in [3.05, 3.63) is 29.3 Å². The lowest BCUT2D eigenvalue weighted by Gasteiger charge is -2.46. The van der Waals surface area contributed by atoms with Gasteiger partial charge in [-0.25, -0.2) is 0 Å². The molecule has 1 amide bonds. The number of carbonyl (C=O) groups excluding carboxylic acids is 1. The minimum atomic E-state index is 0.0934. The monoisotopic (exact) mass is 345 g/mol. The van der Waals surface area contributed by atoms with Crippen LogP contribution in [-0.2, 0) is 4.79 Å². The first-order valence-corrected chi connectivity index (χ1v) is 10.3. The molecule has 0 radical (unpaired) electrons. The summed E-state index contributed by atoms with van der Waals surface area (Å²) in [6, 6.07) is 6.32. The van der Waals surface area contributed by atoms with Gasteiger partial charge < -0.3 is 9.80 Å². The summed E-state index contributed by atoms with van der Waals surface area (Å²) in [6.45, 7) is 12.1. The molecular formula is C22H37N2O+. The van der Waals surface area contributed by atoms with Crippen LogP contribution in [0.2, 0.25) is 0 Å². The van der Waals surface area contributed by atoms with Crippen LogP contribution in [-0.4, -0.2) is 36.1 Å². The Morgan fingerprint density at radius 3 is 2.28 bits per heavy atom. The summed E-state index contributed by atoms with van der Waals surface area (Å²) in [5, 5.41) is 3.31. The number of benzene rings is 1. The zero-order chi connectivity index (χ0) is 18.3. The number of nitrogens with zero attached hydrogens (tertiary/aromatic N) is 1. The average molecular weight is 346 g/mol. The Kier molecular flexibility index (Phi) is 7.49. The van der Waals surface area contributed by atoms with Crippen molar-refractivity contribution < 1.29 is 9.28 Å². The van der Waals surface area contributed by atoms with Crippen molar-refractivity contribution in [2.24, 2.45) is 0 Å². The zero-order valence-corrected chi connectivity index (χ0v) is 16.7. The molecule has 140 valence electrons. The number of piperidine rings is 1. The number of anilines is 1. The first-order chi connectivity index (χ1) is 12.0. The van der Waals surface area contributed by atoms with E-state index in [1.807, 2.05) is 0 Å². The lowest BCUT2D eigenvalue weighted by atomic mass is 9.97. The Hall–Kier alpha value is -1.35. The molecule has 0 spiro atoms. The highest BCUT2D eigenvalue weighted by Crippen LogP contribution is 2.29. The molecule has 3 heteroatoms. The van der Waals surface area contributed by atoms with Gasteiger partial charge in [0.15, 0.2) is 6.04 Å². The van der Waals surface area contributed by atoms with Crippen molar-refractivity contribution in [3.63, 3.8) is 0 Å². The summed E-state index contributed by atoms with van der Waals surface area (Å²) in [5.74, 6) is 0.234.